The number of unbranched alkanes of at least 4 members (excludes halogenated alkanes) is 24. The van der Waals surface area contributed by atoms with Gasteiger partial charge in [0.2, 0.25) is 0 Å². The Morgan fingerprint density at radius 2 is 0.784 bits per heavy atom. The molecule has 0 saturated carbocycles. The van der Waals surface area contributed by atoms with Gasteiger partial charge in [0.25, 0.3) is 0 Å². The maximum atomic E-state index is 11.9. The minimum absolute atomic E-state index is 0. The van der Waals surface area contributed by atoms with E-state index in [1.807, 2.05) is 0 Å². The standard InChI is InChI=1S/C34H66O2.ClH/c1-3-5-7-9-11-13-15-17-19-20-22-24-26-28-30-32-34(35)36-33-31-29-27-25-23-21-18-16-14-12-10-8-6-4-2;/h17,19H,3-16,18,20-33H2,1-2H3;1H/b19-17-;. The molecule has 0 aromatic carbocycles. The molecule has 0 amide bonds. The monoisotopic (exact) mass is 542 g/mol. The van der Waals surface area contributed by atoms with E-state index < -0.39 is 0 Å². The van der Waals surface area contributed by atoms with Gasteiger partial charge in [-0.3, -0.25) is 4.79 Å². The zero-order valence-electron chi connectivity index (χ0n) is 25.4. The summed E-state index contributed by atoms with van der Waals surface area (Å²) in [6.45, 7) is 5.19. The van der Waals surface area contributed by atoms with Crippen LogP contribution in [-0.4, -0.2) is 12.6 Å². The Labute approximate surface area is 240 Å². The molecule has 0 atom stereocenters. The molecule has 0 fully saturated rings. The lowest BCUT2D eigenvalue weighted by molar-refractivity contribution is -0.143. The quantitative estimate of drug-likeness (QED) is 0.0512. The minimum atomic E-state index is 0. The first kappa shape index (κ1) is 38.6. The minimum Gasteiger partial charge on any atom is -0.466 e. The summed E-state index contributed by atoms with van der Waals surface area (Å²) < 4.78 is 5.42. The number of ether oxygens (including phenoxy) is 1. The largest absolute Gasteiger partial charge is 0.466 e. The molecule has 37 heavy (non-hydrogen) atoms. The van der Waals surface area contributed by atoms with Crippen LogP contribution < -0.4 is 0 Å². The molecule has 0 heterocycles. The van der Waals surface area contributed by atoms with Crippen LogP contribution in [0.15, 0.2) is 12.2 Å². The molecule has 0 aliphatic heterocycles. The van der Waals surface area contributed by atoms with Gasteiger partial charge in [-0.1, -0.05) is 161 Å². The Balaban J connectivity index is 0. The van der Waals surface area contributed by atoms with Gasteiger partial charge in [-0.15, -0.1) is 12.4 Å². The fourth-order valence-corrected chi connectivity index (χ4v) is 4.89. The molecule has 0 rings (SSSR count). The van der Waals surface area contributed by atoms with E-state index >= 15 is 0 Å². The normalized spacial score (nSPS) is 11.2. The van der Waals surface area contributed by atoms with E-state index in [0.717, 1.165) is 19.3 Å². The second kappa shape index (κ2) is 35.5. The lowest BCUT2D eigenvalue weighted by Crippen LogP contribution is -2.05. The molecule has 0 aliphatic carbocycles. The van der Waals surface area contributed by atoms with Gasteiger partial charge in [0, 0.05) is 6.42 Å². The molecule has 0 saturated heterocycles. The Morgan fingerprint density at radius 3 is 1.19 bits per heavy atom. The van der Waals surface area contributed by atoms with Crippen molar-refractivity contribution < 1.29 is 9.53 Å². The van der Waals surface area contributed by atoms with Crippen LogP contribution in [0.5, 0.6) is 0 Å². The summed E-state index contributed by atoms with van der Waals surface area (Å²) in [7, 11) is 0. The zero-order valence-corrected chi connectivity index (χ0v) is 26.2. The Morgan fingerprint density at radius 1 is 0.459 bits per heavy atom. The van der Waals surface area contributed by atoms with Gasteiger partial charge in [0.1, 0.15) is 0 Å². The fraction of sp³-hybridized carbons (Fsp3) is 0.912. The molecular weight excluding hydrogens is 476 g/mol. The number of esters is 1. The van der Waals surface area contributed by atoms with Crippen molar-refractivity contribution in [3.05, 3.63) is 12.2 Å². The molecule has 0 bridgehead atoms. The van der Waals surface area contributed by atoms with E-state index in [9.17, 15) is 4.79 Å². The van der Waals surface area contributed by atoms with E-state index in [1.165, 1.54) is 154 Å². The van der Waals surface area contributed by atoms with Gasteiger partial charge in [-0.2, -0.15) is 0 Å². The molecule has 0 spiro atoms. The predicted octanol–water partition coefficient (Wildman–Crippen LogP) is 12.5. The molecule has 0 radical (unpaired) electrons. The Kier molecular flexibility index (Phi) is 37.1. The lowest BCUT2D eigenvalue weighted by Gasteiger charge is -2.05. The molecule has 3 heteroatoms. The predicted molar refractivity (Wildman–Crippen MR) is 168 cm³/mol. The first-order chi connectivity index (χ1) is 17.8. The maximum Gasteiger partial charge on any atom is 0.305 e. The summed E-state index contributed by atoms with van der Waals surface area (Å²) in [6, 6.07) is 0. The molecule has 0 aromatic heterocycles. The fourth-order valence-electron chi connectivity index (χ4n) is 4.89. The van der Waals surface area contributed by atoms with Crippen LogP contribution in [0, 0.1) is 0 Å². The smallest absolute Gasteiger partial charge is 0.305 e. The Bertz CT molecular complexity index is 449. The number of halogens is 1. The van der Waals surface area contributed by atoms with Gasteiger partial charge in [0.05, 0.1) is 6.61 Å². The van der Waals surface area contributed by atoms with Crippen molar-refractivity contribution in [2.45, 2.75) is 194 Å². The van der Waals surface area contributed by atoms with E-state index in [-0.39, 0.29) is 18.4 Å². The molecule has 0 aromatic rings. The molecule has 0 unspecified atom stereocenters. The number of rotatable bonds is 30. The highest BCUT2D eigenvalue weighted by Crippen LogP contribution is 2.13. The van der Waals surface area contributed by atoms with Crippen molar-refractivity contribution in [1.82, 2.24) is 0 Å². The van der Waals surface area contributed by atoms with Gasteiger partial charge < -0.3 is 4.74 Å². The van der Waals surface area contributed by atoms with Crippen LogP contribution in [-0.2, 0) is 9.53 Å². The van der Waals surface area contributed by atoms with E-state index in [1.54, 1.807) is 0 Å². The van der Waals surface area contributed by atoms with Crippen LogP contribution in [0.25, 0.3) is 0 Å². The Hall–Kier alpha value is -0.500. The molecular formula is C34H67ClO2. The van der Waals surface area contributed by atoms with E-state index in [2.05, 4.69) is 26.0 Å². The second-order valence-corrected chi connectivity index (χ2v) is 11.2. The number of carbonyl (C=O) groups excluding carboxylic acids is 1. The van der Waals surface area contributed by atoms with Gasteiger partial charge >= 0.3 is 5.97 Å². The number of carbonyl (C=O) groups is 1. The van der Waals surface area contributed by atoms with Crippen LogP contribution in [0.4, 0.5) is 0 Å². The summed E-state index contributed by atoms with van der Waals surface area (Å²) in [4.78, 5) is 11.9. The van der Waals surface area contributed by atoms with Crippen LogP contribution in [0.2, 0.25) is 0 Å². The summed E-state index contributed by atoms with van der Waals surface area (Å²) in [5, 5.41) is 0. The number of hydrogen-bond acceptors (Lipinski definition) is 2. The third-order valence-electron chi connectivity index (χ3n) is 7.40. The number of allylic oxidation sites excluding steroid dienone is 2. The average Bonchev–Trinajstić information content (AvgIpc) is 2.88. The van der Waals surface area contributed by atoms with Gasteiger partial charge in [-0.05, 0) is 38.5 Å². The third-order valence-corrected chi connectivity index (χ3v) is 7.40. The second-order valence-electron chi connectivity index (χ2n) is 11.2. The maximum absolute atomic E-state index is 11.9. The molecule has 0 aliphatic rings. The number of hydrogen-bond donors (Lipinski definition) is 0. The first-order valence-corrected chi connectivity index (χ1v) is 16.6. The van der Waals surface area contributed by atoms with Gasteiger partial charge in [0.15, 0.2) is 0 Å². The SMILES string of the molecule is CCCCCCCC/C=C\CCCCCCCC(=O)OCCCCCCCCCCCCCCCC.Cl. The molecule has 0 N–H and O–H groups in total. The highest BCUT2D eigenvalue weighted by Gasteiger charge is 2.02. The first-order valence-electron chi connectivity index (χ1n) is 16.6. The summed E-state index contributed by atoms with van der Waals surface area (Å²) in [6.07, 6.45) is 41.2. The summed E-state index contributed by atoms with van der Waals surface area (Å²) >= 11 is 0. The highest BCUT2D eigenvalue weighted by molar-refractivity contribution is 5.85. The average molecular weight is 543 g/mol. The van der Waals surface area contributed by atoms with Crippen molar-refractivity contribution >= 4 is 18.4 Å². The van der Waals surface area contributed by atoms with Gasteiger partial charge in [-0.25, -0.2) is 0 Å². The van der Waals surface area contributed by atoms with Crippen molar-refractivity contribution in [3.8, 4) is 0 Å². The van der Waals surface area contributed by atoms with Crippen LogP contribution in [0.1, 0.15) is 194 Å². The third kappa shape index (κ3) is 35.5. The van der Waals surface area contributed by atoms with Crippen molar-refractivity contribution in [2.24, 2.45) is 0 Å². The topological polar surface area (TPSA) is 26.3 Å². The van der Waals surface area contributed by atoms with Crippen LogP contribution in [0.3, 0.4) is 0 Å². The van der Waals surface area contributed by atoms with E-state index in [0.29, 0.717) is 13.0 Å². The molecule has 2 nitrogen and oxygen atoms in total. The summed E-state index contributed by atoms with van der Waals surface area (Å²) in [5.74, 6) is 0.0160. The van der Waals surface area contributed by atoms with Crippen molar-refractivity contribution in [2.75, 3.05) is 6.61 Å². The van der Waals surface area contributed by atoms with Crippen LogP contribution >= 0.6 is 12.4 Å². The lowest BCUT2D eigenvalue weighted by atomic mass is 10.0. The van der Waals surface area contributed by atoms with Crippen molar-refractivity contribution in [1.29, 1.82) is 0 Å². The summed E-state index contributed by atoms with van der Waals surface area (Å²) in [5.41, 5.74) is 0. The van der Waals surface area contributed by atoms with Crippen molar-refractivity contribution in [3.63, 3.8) is 0 Å². The zero-order chi connectivity index (χ0) is 26.2. The highest BCUT2D eigenvalue weighted by atomic mass is 35.5. The van der Waals surface area contributed by atoms with E-state index in [4.69, 9.17) is 4.74 Å². The molecule has 222 valence electrons.